The van der Waals surface area contributed by atoms with Gasteiger partial charge < -0.3 is 5.73 Å². The highest BCUT2D eigenvalue weighted by Gasteiger charge is 2.08. The lowest BCUT2D eigenvalue weighted by Gasteiger charge is -2.08. The van der Waals surface area contributed by atoms with Crippen molar-refractivity contribution in [3.63, 3.8) is 0 Å². The van der Waals surface area contributed by atoms with Crippen molar-refractivity contribution in [2.45, 2.75) is 22.8 Å². The topological polar surface area (TPSA) is 26.0 Å². The summed E-state index contributed by atoms with van der Waals surface area (Å²) in [6.45, 7) is 1.83. The van der Waals surface area contributed by atoms with E-state index in [4.69, 9.17) is 17.3 Å². The predicted molar refractivity (Wildman–Crippen MR) is 74.6 cm³/mol. The van der Waals surface area contributed by atoms with Gasteiger partial charge in [-0.1, -0.05) is 35.5 Å². The van der Waals surface area contributed by atoms with E-state index in [-0.39, 0.29) is 11.9 Å². The van der Waals surface area contributed by atoms with Crippen LogP contribution < -0.4 is 5.73 Å². The minimum Gasteiger partial charge on any atom is -0.324 e. The van der Waals surface area contributed by atoms with Crippen molar-refractivity contribution in [2.24, 2.45) is 5.73 Å². The number of rotatable bonds is 3. The third-order valence-corrected chi connectivity index (χ3v) is 3.78. The Morgan fingerprint density at radius 2 is 2.00 bits per heavy atom. The van der Waals surface area contributed by atoms with Gasteiger partial charge in [0.2, 0.25) is 0 Å². The molecule has 1 atom stereocenters. The fraction of sp³-hybridized carbons (Fsp3) is 0.143. The average molecular weight is 282 g/mol. The molecule has 4 heteroatoms. The molecule has 0 bridgehead atoms. The zero-order valence-electron chi connectivity index (χ0n) is 9.86. The Balaban J connectivity index is 2.24. The second-order valence-corrected chi connectivity index (χ2v) is 5.59. The number of hydrogen-bond acceptors (Lipinski definition) is 2. The molecule has 0 aliphatic carbocycles. The van der Waals surface area contributed by atoms with Gasteiger partial charge in [-0.25, -0.2) is 4.39 Å². The summed E-state index contributed by atoms with van der Waals surface area (Å²) in [4.78, 5) is 1.48. The van der Waals surface area contributed by atoms with Crippen molar-refractivity contribution < 1.29 is 4.39 Å². The van der Waals surface area contributed by atoms with E-state index >= 15 is 0 Å². The molecule has 94 valence electrons. The molecule has 0 saturated heterocycles. The molecule has 0 radical (unpaired) electrons. The summed E-state index contributed by atoms with van der Waals surface area (Å²) in [7, 11) is 0. The fourth-order valence-electron chi connectivity index (χ4n) is 1.54. The largest absolute Gasteiger partial charge is 0.324 e. The smallest absolute Gasteiger partial charge is 0.137 e. The third-order valence-electron chi connectivity index (χ3n) is 2.51. The molecule has 2 N–H and O–H groups in total. The lowest BCUT2D eigenvalue weighted by molar-refractivity contribution is 0.596. The Kier molecular flexibility index (Phi) is 4.27. The first-order valence-electron chi connectivity index (χ1n) is 5.54. The zero-order valence-corrected chi connectivity index (χ0v) is 11.4. The van der Waals surface area contributed by atoms with Gasteiger partial charge in [0.05, 0.1) is 0 Å². The van der Waals surface area contributed by atoms with Crippen molar-refractivity contribution >= 4 is 23.4 Å². The van der Waals surface area contributed by atoms with Crippen LogP contribution in [-0.4, -0.2) is 0 Å². The van der Waals surface area contributed by atoms with Gasteiger partial charge in [0.1, 0.15) is 5.82 Å². The monoisotopic (exact) mass is 281 g/mol. The summed E-state index contributed by atoms with van der Waals surface area (Å²) in [5.74, 6) is -0.255. The standard InChI is InChI=1S/C14H13ClFNS/c1-9(17)10-5-6-14(13(16)7-10)18-12-4-2-3-11(15)8-12/h2-9H,17H2,1H3/t9-/m1/s1. The van der Waals surface area contributed by atoms with Crippen LogP contribution in [0.1, 0.15) is 18.5 Å². The number of hydrogen-bond donors (Lipinski definition) is 1. The van der Waals surface area contributed by atoms with Gasteiger partial charge in [0, 0.05) is 20.9 Å². The lowest BCUT2D eigenvalue weighted by atomic mass is 10.1. The molecular weight excluding hydrogens is 269 g/mol. The first-order chi connectivity index (χ1) is 8.56. The Morgan fingerprint density at radius 3 is 2.61 bits per heavy atom. The molecular formula is C14H13ClFNS. The van der Waals surface area contributed by atoms with Crippen LogP contribution in [0.15, 0.2) is 52.3 Å². The molecule has 0 aliphatic heterocycles. The van der Waals surface area contributed by atoms with Crippen LogP contribution in [0.5, 0.6) is 0 Å². The zero-order chi connectivity index (χ0) is 13.1. The number of halogens is 2. The molecule has 0 unspecified atom stereocenters. The summed E-state index contributed by atoms with van der Waals surface area (Å²) in [5, 5.41) is 0.646. The number of nitrogens with two attached hydrogens (primary N) is 1. The van der Waals surface area contributed by atoms with Crippen LogP contribution >= 0.6 is 23.4 Å². The van der Waals surface area contributed by atoms with Crippen molar-refractivity contribution in [1.82, 2.24) is 0 Å². The normalized spacial score (nSPS) is 12.4. The van der Waals surface area contributed by atoms with E-state index in [1.54, 1.807) is 12.1 Å². The second kappa shape index (κ2) is 5.74. The van der Waals surface area contributed by atoms with E-state index in [1.807, 2.05) is 31.2 Å². The van der Waals surface area contributed by atoms with Crippen LogP contribution in [0.4, 0.5) is 4.39 Å². The highest BCUT2D eigenvalue weighted by Crippen LogP contribution is 2.32. The molecule has 18 heavy (non-hydrogen) atoms. The van der Waals surface area contributed by atoms with E-state index in [9.17, 15) is 4.39 Å². The maximum atomic E-state index is 13.9. The Morgan fingerprint density at radius 1 is 1.22 bits per heavy atom. The molecule has 0 heterocycles. The van der Waals surface area contributed by atoms with Gasteiger partial charge in [-0.2, -0.15) is 0 Å². The van der Waals surface area contributed by atoms with Crippen molar-refractivity contribution in [3.8, 4) is 0 Å². The summed E-state index contributed by atoms with van der Waals surface area (Å²) < 4.78 is 13.9. The summed E-state index contributed by atoms with van der Waals surface area (Å²) >= 11 is 7.24. The summed E-state index contributed by atoms with van der Waals surface area (Å²) in [5.41, 5.74) is 6.51. The number of benzene rings is 2. The summed E-state index contributed by atoms with van der Waals surface area (Å²) in [6, 6.07) is 12.3. The van der Waals surface area contributed by atoms with Gasteiger partial charge in [-0.3, -0.25) is 0 Å². The van der Waals surface area contributed by atoms with Crippen LogP contribution in [0.25, 0.3) is 0 Å². The fourth-order valence-corrected chi connectivity index (χ4v) is 2.67. The molecule has 0 spiro atoms. The maximum absolute atomic E-state index is 13.9. The minimum atomic E-state index is -0.255. The van der Waals surface area contributed by atoms with Gasteiger partial charge in [-0.05, 0) is 42.8 Å². The van der Waals surface area contributed by atoms with Crippen LogP contribution in [0, 0.1) is 5.82 Å². The summed E-state index contributed by atoms with van der Waals surface area (Å²) in [6.07, 6.45) is 0. The molecule has 0 amide bonds. The molecule has 2 aromatic carbocycles. The van der Waals surface area contributed by atoms with Gasteiger partial charge in [-0.15, -0.1) is 0 Å². The van der Waals surface area contributed by atoms with Gasteiger partial charge in [0.25, 0.3) is 0 Å². The van der Waals surface area contributed by atoms with E-state index < -0.39 is 0 Å². The Labute approximate surface area is 115 Å². The van der Waals surface area contributed by atoms with Crippen LogP contribution in [-0.2, 0) is 0 Å². The SMILES string of the molecule is C[C@@H](N)c1ccc(Sc2cccc(Cl)c2)c(F)c1. The Hall–Kier alpha value is -1.03. The third kappa shape index (κ3) is 3.25. The molecule has 0 saturated carbocycles. The Bertz CT molecular complexity index is 557. The van der Waals surface area contributed by atoms with Crippen LogP contribution in [0.2, 0.25) is 5.02 Å². The molecule has 0 aromatic heterocycles. The first kappa shape index (κ1) is 13.4. The van der Waals surface area contributed by atoms with Crippen LogP contribution in [0.3, 0.4) is 0 Å². The maximum Gasteiger partial charge on any atom is 0.137 e. The molecule has 0 fully saturated rings. The highest BCUT2D eigenvalue weighted by molar-refractivity contribution is 7.99. The van der Waals surface area contributed by atoms with Gasteiger partial charge in [0.15, 0.2) is 0 Å². The van der Waals surface area contributed by atoms with Crippen molar-refractivity contribution in [1.29, 1.82) is 0 Å². The van der Waals surface area contributed by atoms with E-state index in [1.165, 1.54) is 17.8 Å². The lowest BCUT2D eigenvalue weighted by Crippen LogP contribution is -2.05. The molecule has 0 aliphatic rings. The molecule has 2 aromatic rings. The first-order valence-corrected chi connectivity index (χ1v) is 6.74. The quantitative estimate of drug-likeness (QED) is 0.886. The van der Waals surface area contributed by atoms with Crippen molar-refractivity contribution in [2.75, 3.05) is 0 Å². The van der Waals surface area contributed by atoms with Gasteiger partial charge >= 0.3 is 0 Å². The second-order valence-electron chi connectivity index (χ2n) is 4.04. The predicted octanol–water partition coefficient (Wildman–Crippen LogP) is 4.65. The minimum absolute atomic E-state index is 0.162. The average Bonchev–Trinajstić information content (AvgIpc) is 2.31. The molecule has 2 rings (SSSR count). The van der Waals surface area contributed by atoms with E-state index in [0.29, 0.717) is 9.92 Å². The van der Waals surface area contributed by atoms with Crippen molar-refractivity contribution in [3.05, 3.63) is 58.9 Å². The van der Waals surface area contributed by atoms with E-state index in [0.717, 1.165) is 10.5 Å². The highest BCUT2D eigenvalue weighted by atomic mass is 35.5. The molecule has 1 nitrogen and oxygen atoms in total. The van der Waals surface area contributed by atoms with E-state index in [2.05, 4.69) is 0 Å².